The highest BCUT2D eigenvalue weighted by atomic mass is 35.5. The summed E-state index contributed by atoms with van der Waals surface area (Å²) in [6.45, 7) is -0.383. The lowest BCUT2D eigenvalue weighted by Gasteiger charge is -2.07. The minimum Gasteiger partial charge on any atom is -0.452 e. The predicted molar refractivity (Wildman–Crippen MR) is 91.7 cm³/mol. The molecule has 126 valence electrons. The van der Waals surface area contributed by atoms with E-state index in [1.165, 1.54) is 6.33 Å². The van der Waals surface area contributed by atoms with Gasteiger partial charge in [0.25, 0.3) is 5.91 Å². The summed E-state index contributed by atoms with van der Waals surface area (Å²) in [7, 11) is 0. The first-order valence-electron chi connectivity index (χ1n) is 7.29. The van der Waals surface area contributed by atoms with Gasteiger partial charge in [-0.2, -0.15) is 5.10 Å². The molecule has 0 aliphatic carbocycles. The molecule has 0 bridgehead atoms. The van der Waals surface area contributed by atoms with E-state index in [1.54, 1.807) is 59.5 Å². The van der Waals surface area contributed by atoms with E-state index < -0.39 is 11.9 Å². The van der Waals surface area contributed by atoms with Gasteiger partial charge in [0.15, 0.2) is 6.61 Å². The molecule has 0 saturated carbocycles. The molecule has 1 amide bonds. The van der Waals surface area contributed by atoms with E-state index in [4.69, 9.17) is 16.3 Å². The van der Waals surface area contributed by atoms with Crippen molar-refractivity contribution >= 4 is 29.2 Å². The number of esters is 1. The third kappa shape index (κ3) is 4.42. The minimum absolute atomic E-state index is 0.336. The van der Waals surface area contributed by atoms with Gasteiger partial charge in [-0.15, -0.1) is 0 Å². The Morgan fingerprint density at radius 1 is 1.08 bits per heavy atom. The van der Waals surface area contributed by atoms with Gasteiger partial charge in [-0.3, -0.25) is 4.79 Å². The molecular formula is C17H13ClN4O3. The molecule has 0 fully saturated rings. The van der Waals surface area contributed by atoms with Crippen LogP contribution < -0.4 is 5.32 Å². The number of anilines is 1. The summed E-state index contributed by atoms with van der Waals surface area (Å²) in [5, 5.41) is 7.17. The van der Waals surface area contributed by atoms with E-state index in [-0.39, 0.29) is 6.61 Å². The van der Waals surface area contributed by atoms with Crippen LogP contribution in [0.1, 0.15) is 10.4 Å². The van der Waals surface area contributed by atoms with Crippen molar-refractivity contribution < 1.29 is 14.3 Å². The molecule has 8 heteroatoms. The first-order valence-corrected chi connectivity index (χ1v) is 7.67. The first kappa shape index (κ1) is 16.7. The lowest BCUT2D eigenvalue weighted by Crippen LogP contribution is -2.20. The molecule has 0 atom stereocenters. The molecule has 7 nitrogen and oxygen atoms in total. The molecule has 3 rings (SSSR count). The second kappa shape index (κ2) is 7.59. The number of benzene rings is 2. The number of amides is 1. The number of carbonyl (C=O) groups excluding carboxylic acids is 2. The molecule has 1 heterocycles. The molecule has 25 heavy (non-hydrogen) atoms. The third-order valence-electron chi connectivity index (χ3n) is 3.25. The molecule has 1 N–H and O–H groups in total. The van der Waals surface area contributed by atoms with Crippen LogP contribution in [0.3, 0.4) is 0 Å². The number of hydrogen-bond donors (Lipinski definition) is 1. The van der Waals surface area contributed by atoms with Crippen molar-refractivity contribution in [1.82, 2.24) is 14.8 Å². The van der Waals surface area contributed by atoms with E-state index >= 15 is 0 Å². The van der Waals surface area contributed by atoms with Crippen molar-refractivity contribution in [1.29, 1.82) is 0 Å². The average molecular weight is 357 g/mol. The van der Waals surface area contributed by atoms with Crippen LogP contribution in [0.25, 0.3) is 5.69 Å². The number of aromatic nitrogens is 3. The van der Waals surface area contributed by atoms with Crippen molar-refractivity contribution in [3.63, 3.8) is 0 Å². The maximum absolute atomic E-state index is 12.0. The largest absolute Gasteiger partial charge is 0.452 e. The average Bonchev–Trinajstić information content (AvgIpc) is 3.16. The molecule has 0 unspecified atom stereocenters. The lowest BCUT2D eigenvalue weighted by atomic mass is 10.2. The number of halogens is 1. The predicted octanol–water partition coefficient (Wildman–Crippen LogP) is 2.72. The first-order chi connectivity index (χ1) is 12.1. The number of carbonyl (C=O) groups is 2. The van der Waals surface area contributed by atoms with Gasteiger partial charge in [0, 0.05) is 10.7 Å². The van der Waals surface area contributed by atoms with Crippen LogP contribution >= 0.6 is 11.6 Å². The Labute approximate surface area is 148 Å². The maximum Gasteiger partial charge on any atom is 0.338 e. The zero-order valence-electron chi connectivity index (χ0n) is 12.9. The number of ether oxygens (including phenoxy) is 1. The smallest absolute Gasteiger partial charge is 0.338 e. The van der Waals surface area contributed by atoms with Crippen molar-refractivity contribution in [2.45, 2.75) is 0 Å². The summed E-state index contributed by atoms with van der Waals surface area (Å²) >= 11 is 5.77. The van der Waals surface area contributed by atoms with E-state index in [0.29, 0.717) is 16.3 Å². The molecule has 0 aliphatic rings. The lowest BCUT2D eigenvalue weighted by molar-refractivity contribution is -0.119. The summed E-state index contributed by atoms with van der Waals surface area (Å²) in [6.07, 6.45) is 2.97. The van der Waals surface area contributed by atoms with Crippen LogP contribution in [0.4, 0.5) is 5.69 Å². The highest BCUT2D eigenvalue weighted by molar-refractivity contribution is 6.30. The molecule has 2 aromatic carbocycles. The molecular weight excluding hydrogens is 344 g/mol. The fraction of sp³-hybridized carbons (Fsp3) is 0.0588. The zero-order valence-corrected chi connectivity index (χ0v) is 13.7. The van der Waals surface area contributed by atoms with Gasteiger partial charge in [0.2, 0.25) is 0 Å². The summed E-state index contributed by atoms with van der Waals surface area (Å²) < 4.78 is 6.57. The van der Waals surface area contributed by atoms with Gasteiger partial charge >= 0.3 is 5.97 Å². The number of nitrogens with one attached hydrogen (secondary N) is 1. The maximum atomic E-state index is 12.0. The number of rotatable bonds is 5. The van der Waals surface area contributed by atoms with Crippen molar-refractivity contribution in [2.24, 2.45) is 0 Å². The summed E-state index contributed by atoms with van der Waals surface area (Å²) in [4.78, 5) is 27.6. The summed E-state index contributed by atoms with van der Waals surface area (Å²) in [5.74, 6) is -1.02. The van der Waals surface area contributed by atoms with Crippen molar-refractivity contribution in [3.05, 3.63) is 71.8 Å². The fourth-order valence-electron chi connectivity index (χ4n) is 2.04. The van der Waals surface area contributed by atoms with Gasteiger partial charge in [-0.1, -0.05) is 11.6 Å². The Balaban J connectivity index is 1.53. The van der Waals surface area contributed by atoms with E-state index in [1.807, 2.05) is 0 Å². The SMILES string of the molecule is O=C(COC(=O)c1ccc(-n2cncn2)cc1)Nc1ccc(Cl)cc1. The van der Waals surface area contributed by atoms with Gasteiger partial charge in [0.05, 0.1) is 11.3 Å². The van der Waals surface area contributed by atoms with Gasteiger partial charge in [-0.05, 0) is 48.5 Å². The third-order valence-corrected chi connectivity index (χ3v) is 3.50. The van der Waals surface area contributed by atoms with E-state index in [2.05, 4.69) is 15.4 Å². The van der Waals surface area contributed by atoms with E-state index in [0.717, 1.165) is 5.69 Å². The molecule has 0 saturated heterocycles. The topological polar surface area (TPSA) is 86.1 Å². The normalized spacial score (nSPS) is 10.3. The van der Waals surface area contributed by atoms with E-state index in [9.17, 15) is 9.59 Å². The Hall–Kier alpha value is -3.19. The summed E-state index contributed by atoms with van der Waals surface area (Å²) in [5.41, 5.74) is 1.67. The minimum atomic E-state index is -0.587. The van der Waals surface area contributed by atoms with Crippen LogP contribution in [-0.2, 0) is 9.53 Å². The van der Waals surface area contributed by atoms with Crippen molar-refractivity contribution in [2.75, 3.05) is 11.9 Å². The molecule has 1 aromatic heterocycles. The van der Waals surface area contributed by atoms with Crippen LogP contribution in [-0.4, -0.2) is 33.2 Å². The highest BCUT2D eigenvalue weighted by Gasteiger charge is 2.11. The second-order valence-corrected chi connectivity index (χ2v) is 5.45. The van der Waals surface area contributed by atoms with Crippen LogP contribution in [0.2, 0.25) is 5.02 Å². The molecule has 0 aliphatic heterocycles. The number of hydrogen-bond acceptors (Lipinski definition) is 5. The molecule has 0 spiro atoms. The summed E-state index contributed by atoms with van der Waals surface area (Å²) in [6, 6.07) is 13.2. The van der Waals surface area contributed by atoms with Crippen LogP contribution in [0.5, 0.6) is 0 Å². The Morgan fingerprint density at radius 3 is 2.44 bits per heavy atom. The van der Waals surface area contributed by atoms with Crippen LogP contribution in [0, 0.1) is 0 Å². The monoisotopic (exact) mass is 356 g/mol. The standard InChI is InChI=1S/C17H13ClN4O3/c18-13-3-5-14(6-4-13)21-16(23)9-25-17(24)12-1-7-15(8-2-12)22-11-19-10-20-22/h1-8,10-11H,9H2,(H,21,23). The number of nitrogens with zero attached hydrogens (tertiary/aromatic N) is 3. The highest BCUT2D eigenvalue weighted by Crippen LogP contribution is 2.13. The Bertz CT molecular complexity index is 862. The van der Waals surface area contributed by atoms with Gasteiger partial charge in [0.1, 0.15) is 12.7 Å². The molecule has 0 radical (unpaired) electrons. The van der Waals surface area contributed by atoms with Gasteiger partial charge < -0.3 is 10.1 Å². The quantitative estimate of drug-likeness (QED) is 0.710. The molecule has 3 aromatic rings. The Kier molecular flexibility index (Phi) is 5.06. The zero-order chi connectivity index (χ0) is 17.6. The fourth-order valence-corrected chi connectivity index (χ4v) is 2.16. The van der Waals surface area contributed by atoms with Gasteiger partial charge in [-0.25, -0.2) is 14.5 Å². The Morgan fingerprint density at radius 2 is 1.80 bits per heavy atom. The van der Waals surface area contributed by atoms with Crippen molar-refractivity contribution in [3.8, 4) is 5.69 Å². The van der Waals surface area contributed by atoms with Crippen LogP contribution in [0.15, 0.2) is 61.2 Å². The second-order valence-electron chi connectivity index (χ2n) is 5.02.